The van der Waals surface area contributed by atoms with Gasteiger partial charge in [-0.3, -0.25) is 0 Å². The minimum absolute atomic E-state index is 0.735. The number of benzene rings is 1. The van der Waals surface area contributed by atoms with Crippen LogP contribution in [-0.4, -0.2) is 14.8 Å². The van der Waals surface area contributed by atoms with Crippen molar-refractivity contribution in [1.82, 2.24) is 14.8 Å². The molecule has 0 bridgehead atoms. The lowest BCUT2D eigenvalue weighted by atomic mass is 10.2. The molecular weight excluding hydrogens is 240 g/mol. The van der Waals surface area contributed by atoms with Crippen LogP contribution in [0.1, 0.15) is 5.56 Å². The summed E-state index contributed by atoms with van der Waals surface area (Å²) in [6, 6.07) is 10.1. The molecule has 0 unspecified atom stereocenters. The van der Waals surface area contributed by atoms with Crippen molar-refractivity contribution in [1.29, 1.82) is 0 Å². The lowest BCUT2D eigenvalue weighted by molar-refractivity contribution is 0.564. The maximum atomic E-state index is 5.04. The van der Waals surface area contributed by atoms with Crippen molar-refractivity contribution in [2.24, 2.45) is 7.05 Å². The van der Waals surface area contributed by atoms with Crippen molar-refractivity contribution in [3.63, 3.8) is 0 Å². The van der Waals surface area contributed by atoms with E-state index in [2.05, 4.69) is 21.6 Å². The van der Waals surface area contributed by atoms with Gasteiger partial charge in [-0.25, -0.2) is 0 Å². The predicted octanol–water partition coefficient (Wildman–Crippen LogP) is 2.69. The Balaban J connectivity index is 1.78. The summed E-state index contributed by atoms with van der Waals surface area (Å²) in [5.41, 5.74) is 3.20. The molecule has 0 aliphatic carbocycles. The van der Waals surface area contributed by atoms with Crippen molar-refractivity contribution < 1.29 is 4.42 Å². The molecule has 2 aromatic heterocycles. The van der Waals surface area contributed by atoms with E-state index in [0.717, 1.165) is 29.2 Å². The molecule has 5 heteroatoms. The minimum atomic E-state index is 0.735. The fraction of sp³-hybridized carbons (Fsp3) is 0.143. The van der Waals surface area contributed by atoms with Crippen molar-refractivity contribution in [3.8, 4) is 11.4 Å². The number of hydrogen-bond donors (Lipinski definition) is 1. The Morgan fingerprint density at radius 2 is 2.26 bits per heavy atom. The molecule has 0 atom stereocenters. The summed E-state index contributed by atoms with van der Waals surface area (Å²) in [4.78, 5) is 0. The molecule has 1 N–H and O–H groups in total. The van der Waals surface area contributed by atoms with E-state index >= 15 is 0 Å². The Kier molecular flexibility index (Phi) is 3.02. The van der Waals surface area contributed by atoms with Gasteiger partial charge < -0.3 is 14.3 Å². The van der Waals surface area contributed by atoms with Gasteiger partial charge in [-0.2, -0.15) is 0 Å². The van der Waals surface area contributed by atoms with Crippen LogP contribution >= 0.6 is 0 Å². The Bertz CT molecular complexity index is 658. The zero-order chi connectivity index (χ0) is 13.1. The third-order valence-corrected chi connectivity index (χ3v) is 2.91. The van der Waals surface area contributed by atoms with Gasteiger partial charge in [0, 0.05) is 30.4 Å². The molecule has 0 radical (unpaired) electrons. The van der Waals surface area contributed by atoms with Gasteiger partial charge in [-0.05, 0) is 18.2 Å². The maximum Gasteiger partial charge on any atom is 0.163 e. The number of aromatic nitrogens is 3. The first-order valence-electron chi connectivity index (χ1n) is 6.02. The third-order valence-electron chi connectivity index (χ3n) is 2.91. The summed E-state index contributed by atoms with van der Waals surface area (Å²) in [7, 11) is 1.93. The number of aryl methyl sites for hydroxylation is 1. The molecule has 0 aliphatic rings. The zero-order valence-corrected chi connectivity index (χ0v) is 10.6. The van der Waals surface area contributed by atoms with Crippen LogP contribution in [0.5, 0.6) is 0 Å². The highest BCUT2D eigenvalue weighted by molar-refractivity contribution is 5.62. The number of rotatable bonds is 4. The predicted molar refractivity (Wildman–Crippen MR) is 72.5 cm³/mol. The van der Waals surface area contributed by atoms with E-state index in [0.29, 0.717) is 0 Å². The average molecular weight is 254 g/mol. The zero-order valence-electron chi connectivity index (χ0n) is 10.6. The first kappa shape index (κ1) is 11.5. The second kappa shape index (κ2) is 4.97. The van der Waals surface area contributed by atoms with E-state index in [1.807, 2.05) is 35.9 Å². The van der Waals surface area contributed by atoms with Crippen LogP contribution < -0.4 is 5.32 Å². The van der Waals surface area contributed by atoms with Crippen molar-refractivity contribution in [3.05, 3.63) is 54.7 Å². The highest BCUT2D eigenvalue weighted by Crippen LogP contribution is 2.20. The van der Waals surface area contributed by atoms with E-state index in [4.69, 9.17) is 4.42 Å². The molecule has 0 aliphatic heterocycles. The van der Waals surface area contributed by atoms with Crippen molar-refractivity contribution in [2.75, 3.05) is 5.32 Å². The molecule has 0 saturated carbocycles. The van der Waals surface area contributed by atoms with Crippen LogP contribution in [0.2, 0.25) is 0 Å². The largest absolute Gasteiger partial charge is 0.472 e. The normalized spacial score (nSPS) is 10.6. The van der Waals surface area contributed by atoms with Gasteiger partial charge in [0.15, 0.2) is 5.82 Å². The molecule has 19 heavy (non-hydrogen) atoms. The van der Waals surface area contributed by atoms with Gasteiger partial charge in [-0.1, -0.05) is 12.1 Å². The SMILES string of the molecule is Cn1cnnc1-c1cccc(NCc2ccoc2)c1. The topological polar surface area (TPSA) is 55.9 Å². The van der Waals surface area contributed by atoms with E-state index in [9.17, 15) is 0 Å². The lowest BCUT2D eigenvalue weighted by Crippen LogP contribution is -1.98. The van der Waals surface area contributed by atoms with Gasteiger partial charge in [0.2, 0.25) is 0 Å². The Labute approximate surface area is 110 Å². The van der Waals surface area contributed by atoms with Crippen LogP contribution in [0.3, 0.4) is 0 Å². The monoisotopic (exact) mass is 254 g/mol. The molecule has 3 aromatic rings. The summed E-state index contributed by atoms with van der Waals surface area (Å²) in [5, 5.41) is 11.4. The Morgan fingerprint density at radius 1 is 1.32 bits per heavy atom. The Morgan fingerprint density at radius 3 is 3.00 bits per heavy atom. The summed E-state index contributed by atoms with van der Waals surface area (Å²) < 4.78 is 6.94. The fourth-order valence-corrected chi connectivity index (χ4v) is 1.91. The van der Waals surface area contributed by atoms with Gasteiger partial charge >= 0.3 is 0 Å². The van der Waals surface area contributed by atoms with Crippen LogP contribution in [0.15, 0.2) is 53.6 Å². The second-order valence-corrected chi connectivity index (χ2v) is 4.33. The van der Waals surface area contributed by atoms with Crippen LogP contribution in [0, 0.1) is 0 Å². The van der Waals surface area contributed by atoms with Crippen LogP contribution in [-0.2, 0) is 13.6 Å². The van der Waals surface area contributed by atoms with E-state index < -0.39 is 0 Å². The Hall–Kier alpha value is -2.56. The second-order valence-electron chi connectivity index (χ2n) is 4.33. The van der Waals surface area contributed by atoms with Crippen LogP contribution in [0.25, 0.3) is 11.4 Å². The number of furan rings is 1. The number of nitrogens with zero attached hydrogens (tertiary/aromatic N) is 3. The van der Waals surface area contributed by atoms with E-state index in [1.54, 1.807) is 18.9 Å². The van der Waals surface area contributed by atoms with Gasteiger partial charge in [0.25, 0.3) is 0 Å². The molecule has 0 fully saturated rings. The quantitative estimate of drug-likeness (QED) is 0.777. The summed E-state index contributed by atoms with van der Waals surface area (Å²) >= 11 is 0. The highest BCUT2D eigenvalue weighted by Gasteiger charge is 2.05. The highest BCUT2D eigenvalue weighted by atomic mass is 16.3. The van der Waals surface area contributed by atoms with Gasteiger partial charge in [-0.15, -0.1) is 10.2 Å². The minimum Gasteiger partial charge on any atom is -0.472 e. The summed E-state index contributed by atoms with van der Waals surface area (Å²) in [5.74, 6) is 0.854. The molecule has 0 amide bonds. The molecule has 96 valence electrons. The standard InChI is InChI=1S/C14H14N4O/c1-18-10-16-17-14(18)12-3-2-4-13(7-12)15-8-11-5-6-19-9-11/h2-7,9-10,15H,8H2,1H3. The molecular formula is C14H14N4O. The third kappa shape index (κ3) is 2.49. The molecule has 0 saturated heterocycles. The van der Waals surface area contributed by atoms with Gasteiger partial charge in [0.1, 0.15) is 6.33 Å². The lowest BCUT2D eigenvalue weighted by Gasteiger charge is -2.07. The number of hydrogen-bond acceptors (Lipinski definition) is 4. The van der Waals surface area contributed by atoms with Gasteiger partial charge in [0.05, 0.1) is 12.5 Å². The number of nitrogens with one attached hydrogen (secondary N) is 1. The van der Waals surface area contributed by atoms with E-state index in [1.165, 1.54) is 0 Å². The molecule has 5 nitrogen and oxygen atoms in total. The summed E-state index contributed by atoms with van der Waals surface area (Å²) in [6.45, 7) is 0.735. The van der Waals surface area contributed by atoms with Crippen molar-refractivity contribution >= 4 is 5.69 Å². The van der Waals surface area contributed by atoms with E-state index in [-0.39, 0.29) is 0 Å². The number of anilines is 1. The molecule has 3 rings (SSSR count). The molecule has 2 heterocycles. The van der Waals surface area contributed by atoms with Crippen LogP contribution in [0.4, 0.5) is 5.69 Å². The molecule has 1 aromatic carbocycles. The maximum absolute atomic E-state index is 5.04. The summed E-state index contributed by atoms with van der Waals surface area (Å²) in [6.07, 6.45) is 5.10. The smallest absolute Gasteiger partial charge is 0.163 e. The first-order valence-corrected chi connectivity index (χ1v) is 6.02. The molecule has 0 spiro atoms. The van der Waals surface area contributed by atoms with Crippen molar-refractivity contribution in [2.45, 2.75) is 6.54 Å². The average Bonchev–Trinajstić information content (AvgIpc) is 3.08. The fourth-order valence-electron chi connectivity index (χ4n) is 1.91. The first-order chi connectivity index (χ1) is 9.33.